The molecule has 2 nitrogen and oxygen atoms in total. The van der Waals surface area contributed by atoms with Crippen LogP contribution in [0, 0.1) is 0 Å². The molecule has 3 heteroatoms. The van der Waals surface area contributed by atoms with Crippen LogP contribution in [-0.2, 0) is 4.79 Å². The molecule has 0 radical (unpaired) electrons. The first-order chi connectivity index (χ1) is 4.65. The monoisotopic (exact) mass is 161 g/mol. The van der Waals surface area contributed by atoms with Crippen LogP contribution in [0.15, 0.2) is 0 Å². The first kappa shape index (κ1) is 7.86. The Morgan fingerprint density at radius 3 is 2.10 bits per heavy atom. The third kappa shape index (κ3) is 1.43. The van der Waals surface area contributed by atoms with Gasteiger partial charge in [-0.15, -0.1) is 11.6 Å². The molecule has 1 aliphatic rings. The molecule has 1 rings (SSSR count). The topological polar surface area (TPSA) is 43.1 Å². The first-order valence-electron chi connectivity index (χ1n) is 3.64. The average Bonchev–Trinajstić information content (AvgIpc) is 1.89. The Hall–Kier alpha value is -0.240. The van der Waals surface area contributed by atoms with E-state index in [1.165, 1.54) is 6.42 Å². The molecule has 0 unspecified atom stereocenters. The largest absolute Gasteiger partial charge is 0.368 e. The molecular formula is C7H12ClNO. The molecule has 0 atom stereocenters. The summed E-state index contributed by atoms with van der Waals surface area (Å²) in [5.74, 6) is -0.353. The smallest absolute Gasteiger partial charge is 0.238 e. The second-order valence-corrected chi connectivity index (χ2v) is 3.61. The van der Waals surface area contributed by atoms with Crippen molar-refractivity contribution in [1.82, 2.24) is 0 Å². The highest BCUT2D eigenvalue weighted by atomic mass is 35.5. The zero-order chi connectivity index (χ0) is 7.61. The lowest BCUT2D eigenvalue weighted by molar-refractivity contribution is -0.121. The fourth-order valence-corrected chi connectivity index (χ4v) is 1.63. The van der Waals surface area contributed by atoms with E-state index in [-0.39, 0.29) is 5.91 Å². The highest BCUT2D eigenvalue weighted by molar-refractivity contribution is 6.34. The molecule has 1 amide bonds. The molecule has 10 heavy (non-hydrogen) atoms. The van der Waals surface area contributed by atoms with Gasteiger partial charge in [0.1, 0.15) is 4.87 Å². The van der Waals surface area contributed by atoms with Gasteiger partial charge in [-0.2, -0.15) is 0 Å². The Labute approximate surface area is 65.7 Å². The maximum atomic E-state index is 10.8. The zero-order valence-corrected chi connectivity index (χ0v) is 6.66. The second kappa shape index (κ2) is 2.79. The minimum atomic E-state index is -0.710. The van der Waals surface area contributed by atoms with Crippen molar-refractivity contribution >= 4 is 17.5 Å². The van der Waals surface area contributed by atoms with E-state index in [1.54, 1.807) is 0 Å². The predicted octanol–water partition coefficient (Wildman–Crippen LogP) is 1.41. The molecule has 0 saturated heterocycles. The van der Waals surface area contributed by atoms with Gasteiger partial charge in [0.15, 0.2) is 0 Å². The Morgan fingerprint density at radius 1 is 1.30 bits per heavy atom. The molecule has 0 aromatic heterocycles. The first-order valence-corrected chi connectivity index (χ1v) is 4.02. The van der Waals surface area contributed by atoms with Crippen LogP contribution in [0.3, 0.4) is 0 Å². The van der Waals surface area contributed by atoms with Crippen molar-refractivity contribution in [3.8, 4) is 0 Å². The van der Waals surface area contributed by atoms with E-state index in [4.69, 9.17) is 17.3 Å². The van der Waals surface area contributed by atoms with Crippen LogP contribution in [0.2, 0.25) is 0 Å². The number of alkyl halides is 1. The van der Waals surface area contributed by atoms with E-state index in [0.717, 1.165) is 25.7 Å². The van der Waals surface area contributed by atoms with Crippen molar-refractivity contribution in [2.75, 3.05) is 0 Å². The van der Waals surface area contributed by atoms with E-state index in [0.29, 0.717) is 0 Å². The van der Waals surface area contributed by atoms with Crippen LogP contribution >= 0.6 is 11.6 Å². The molecular weight excluding hydrogens is 150 g/mol. The molecule has 0 bridgehead atoms. The maximum absolute atomic E-state index is 10.8. The number of hydrogen-bond acceptors (Lipinski definition) is 1. The zero-order valence-electron chi connectivity index (χ0n) is 5.90. The number of rotatable bonds is 1. The fraction of sp³-hybridized carbons (Fsp3) is 0.857. The highest BCUT2D eigenvalue weighted by Gasteiger charge is 2.35. The van der Waals surface area contributed by atoms with Crippen LogP contribution in [0.1, 0.15) is 32.1 Å². The summed E-state index contributed by atoms with van der Waals surface area (Å²) in [5, 5.41) is 0. The molecule has 0 aliphatic heterocycles. The van der Waals surface area contributed by atoms with Gasteiger partial charge >= 0.3 is 0 Å². The lowest BCUT2D eigenvalue weighted by atomic mass is 9.88. The molecule has 0 aromatic rings. The van der Waals surface area contributed by atoms with Crippen LogP contribution in [0.4, 0.5) is 0 Å². The van der Waals surface area contributed by atoms with Gasteiger partial charge in [0.2, 0.25) is 5.91 Å². The lowest BCUT2D eigenvalue weighted by Crippen LogP contribution is -2.40. The molecule has 0 heterocycles. The van der Waals surface area contributed by atoms with Crippen molar-refractivity contribution in [3.63, 3.8) is 0 Å². The summed E-state index contributed by atoms with van der Waals surface area (Å²) in [4.78, 5) is 10.1. The van der Waals surface area contributed by atoms with Gasteiger partial charge in [0, 0.05) is 0 Å². The van der Waals surface area contributed by atoms with Crippen LogP contribution in [0.5, 0.6) is 0 Å². The Bertz CT molecular complexity index is 141. The molecule has 0 aromatic carbocycles. The number of primary amides is 1. The number of hydrogen-bond donors (Lipinski definition) is 1. The summed E-state index contributed by atoms with van der Waals surface area (Å²) in [6.45, 7) is 0. The van der Waals surface area contributed by atoms with E-state index < -0.39 is 4.87 Å². The molecule has 1 saturated carbocycles. The summed E-state index contributed by atoms with van der Waals surface area (Å²) in [7, 11) is 0. The van der Waals surface area contributed by atoms with Crippen molar-refractivity contribution in [2.24, 2.45) is 5.73 Å². The minimum Gasteiger partial charge on any atom is -0.368 e. The predicted molar refractivity (Wildman–Crippen MR) is 40.9 cm³/mol. The number of halogens is 1. The summed E-state index contributed by atoms with van der Waals surface area (Å²) < 4.78 is 0. The minimum absolute atomic E-state index is 0.353. The highest BCUT2D eigenvalue weighted by Crippen LogP contribution is 2.33. The van der Waals surface area contributed by atoms with Crippen molar-refractivity contribution < 1.29 is 4.79 Å². The normalized spacial score (nSPS) is 24.1. The van der Waals surface area contributed by atoms with Gasteiger partial charge in [-0.1, -0.05) is 19.3 Å². The quantitative estimate of drug-likeness (QED) is 0.581. The van der Waals surface area contributed by atoms with Gasteiger partial charge in [0.05, 0.1) is 0 Å². The molecule has 2 N–H and O–H groups in total. The van der Waals surface area contributed by atoms with Crippen molar-refractivity contribution in [1.29, 1.82) is 0 Å². The van der Waals surface area contributed by atoms with Gasteiger partial charge in [0.25, 0.3) is 0 Å². The maximum Gasteiger partial charge on any atom is 0.238 e. The van der Waals surface area contributed by atoms with E-state index in [1.807, 2.05) is 0 Å². The number of nitrogens with two attached hydrogens (primary N) is 1. The SMILES string of the molecule is NC(=O)C1(Cl)CCCCC1. The fourth-order valence-electron chi connectivity index (χ4n) is 1.36. The Kier molecular flexibility index (Phi) is 2.19. The Morgan fingerprint density at radius 2 is 1.80 bits per heavy atom. The average molecular weight is 162 g/mol. The second-order valence-electron chi connectivity index (χ2n) is 2.89. The summed E-state index contributed by atoms with van der Waals surface area (Å²) in [5.41, 5.74) is 5.13. The van der Waals surface area contributed by atoms with Crippen molar-refractivity contribution in [2.45, 2.75) is 37.0 Å². The third-order valence-electron chi connectivity index (χ3n) is 2.09. The van der Waals surface area contributed by atoms with Crippen LogP contribution < -0.4 is 5.73 Å². The number of carbonyl (C=O) groups is 1. The van der Waals surface area contributed by atoms with Gasteiger partial charge in [-0.25, -0.2) is 0 Å². The van der Waals surface area contributed by atoms with Crippen LogP contribution in [-0.4, -0.2) is 10.8 Å². The summed E-state index contributed by atoms with van der Waals surface area (Å²) in [6.07, 6.45) is 4.76. The summed E-state index contributed by atoms with van der Waals surface area (Å²) >= 11 is 5.94. The summed E-state index contributed by atoms with van der Waals surface area (Å²) in [6, 6.07) is 0. The Balaban J connectivity index is 2.56. The van der Waals surface area contributed by atoms with Gasteiger partial charge in [-0.05, 0) is 12.8 Å². The molecule has 58 valence electrons. The lowest BCUT2D eigenvalue weighted by Gasteiger charge is -2.27. The van der Waals surface area contributed by atoms with E-state index in [2.05, 4.69) is 0 Å². The van der Waals surface area contributed by atoms with E-state index in [9.17, 15) is 4.79 Å². The molecule has 0 spiro atoms. The van der Waals surface area contributed by atoms with E-state index >= 15 is 0 Å². The molecule has 1 fully saturated rings. The third-order valence-corrected chi connectivity index (χ3v) is 2.65. The van der Waals surface area contributed by atoms with Gasteiger partial charge in [-0.3, -0.25) is 4.79 Å². The molecule has 1 aliphatic carbocycles. The van der Waals surface area contributed by atoms with Gasteiger partial charge < -0.3 is 5.73 Å². The number of carbonyl (C=O) groups excluding carboxylic acids is 1. The van der Waals surface area contributed by atoms with Crippen molar-refractivity contribution in [3.05, 3.63) is 0 Å². The number of amides is 1. The van der Waals surface area contributed by atoms with Crippen LogP contribution in [0.25, 0.3) is 0 Å². The standard InChI is InChI=1S/C7H12ClNO/c8-7(6(9)10)4-2-1-3-5-7/h1-5H2,(H2,9,10).